The van der Waals surface area contributed by atoms with E-state index in [4.69, 9.17) is 4.74 Å². The number of ether oxygens (including phenoxy) is 1. The van der Waals surface area contributed by atoms with E-state index in [0.29, 0.717) is 29.2 Å². The Bertz CT molecular complexity index is 999. The topological polar surface area (TPSA) is 106 Å². The number of nitrogens with zero attached hydrogens (tertiary/aromatic N) is 3. The summed E-state index contributed by atoms with van der Waals surface area (Å²) in [6.45, 7) is 4.24. The minimum Gasteiger partial charge on any atom is -0.487 e. The molecule has 3 aromatic rings. The first kappa shape index (κ1) is 19.1. The lowest BCUT2D eigenvalue weighted by Gasteiger charge is -2.14. The monoisotopic (exact) mass is 380 g/mol. The smallest absolute Gasteiger partial charge is 0.358 e. The highest BCUT2D eigenvalue weighted by molar-refractivity contribution is 5.95. The van der Waals surface area contributed by atoms with E-state index in [-0.39, 0.29) is 18.2 Å². The number of benzene rings is 2. The van der Waals surface area contributed by atoms with Crippen molar-refractivity contribution >= 4 is 11.9 Å². The predicted molar refractivity (Wildman–Crippen MR) is 102 cm³/mol. The van der Waals surface area contributed by atoms with Gasteiger partial charge in [0, 0.05) is 12.1 Å². The molecule has 8 heteroatoms. The number of nitrogens with one attached hydrogen (secondary N) is 1. The molecule has 1 heterocycles. The van der Waals surface area contributed by atoms with Gasteiger partial charge in [-0.2, -0.15) is 0 Å². The maximum Gasteiger partial charge on any atom is 0.358 e. The lowest BCUT2D eigenvalue weighted by atomic mass is 10.1. The first-order valence-electron chi connectivity index (χ1n) is 8.76. The van der Waals surface area contributed by atoms with Gasteiger partial charge in [0.25, 0.3) is 5.91 Å². The first-order chi connectivity index (χ1) is 13.5. The molecule has 0 spiro atoms. The molecule has 2 N–H and O–H groups in total. The van der Waals surface area contributed by atoms with Crippen LogP contribution in [-0.4, -0.2) is 38.5 Å². The largest absolute Gasteiger partial charge is 0.487 e. The van der Waals surface area contributed by atoms with E-state index in [1.54, 1.807) is 25.1 Å². The summed E-state index contributed by atoms with van der Waals surface area (Å²) in [6, 6.07) is 14.5. The third kappa shape index (κ3) is 4.01. The van der Waals surface area contributed by atoms with Crippen LogP contribution in [0.1, 0.15) is 39.0 Å². The Morgan fingerprint density at radius 3 is 2.57 bits per heavy atom. The molecule has 0 saturated heterocycles. The van der Waals surface area contributed by atoms with Crippen molar-refractivity contribution in [3.8, 4) is 11.4 Å². The van der Waals surface area contributed by atoms with Crippen molar-refractivity contribution in [1.29, 1.82) is 0 Å². The molecule has 144 valence electrons. The average Bonchev–Trinajstić information content (AvgIpc) is 3.08. The summed E-state index contributed by atoms with van der Waals surface area (Å²) in [5.41, 5.74) is 2.12. The molecule has 0 unspecified atom stereocenters. The molecule has 2 aromatic carbocycles. The molecule has 0 saturated carbocycles. The summed E-state index contributed by atoms with van der Waals surface area (Å²) in [7, 11) is 0. The Hall–Kier alpha value is -3.68. The number of aromatic nitrogens is 3. The van der Waals surface area contributed by atoms with Crippen LogP contribution in [0.15, 0.2) is 48.5 Å². The number of carboxylic acid groups (broad SMARTS) is 1. The van der Waals surface area contributed by atoms with Crippen LogP contribution in [0.2, 0.25) is 0 Å². The third-order valence-corrected chi connectivity index (χ3v) is 4.12. The van der Waals surface area contributed by atoms with Crippen LogP contribution in [0.5, 0.6) is 5.75 Å². The van der Waals surface area contributed by atoms with Crippen molar-refractivity contribution in [3.63, 3.8) is 0 Å². The van der Waals surface area contributed by atoms with Gasteiger partial charge in [-0.1, -0.05) is 35.5 Å². The van der Waals surface area contributed by atoms with E-state index in [0.717, 1.165) is 5.56 Å². The molecule has 0 aliphatic heterocycles. The fraction of sp³-hybridized carbons (Fsp3) is 0.200. The highest BCUT2D eigenvalue weighted by Crippen LogP contribution is 2.27. The van der Waals surface area contributed by atoms with Crippen LogP contribution in [-0.2, 0) is 6.61 Å². The second-order valence-corrected chi connectivity index (χ2v) is 6.06. The summed E-state index contributed by atoms with van der Waals surface area (Å²) in [5, 5.41) is 19.6. The Morgan fingerprint density at radius 2 is 1.93 bits per heavy atom. The Labute approximate surface area is 161 Å². The number of aromatic carboxylic acids is 1. The van der Waals surface area contributed by atoms with Gasteiger partial charge in [0.2, 0.25) is 0 Å². The number of hydrogen-bond donors (Lipinski definition) is 2. The molecule has 28 heavy (non-hydrogen) atoms. The van der Waals surface area contributed by atoms with Crippen LogP contribution in [0.3, 0.4) is 0 Å². The number of amides is 1. The lowest BCUT2D eigenvalue weighted by Crippen LogP contribution is -2.22. The van der Waals surface area contributed by atoms with Crippen molar-refractivity contribution in [2.75, 3.05) is 6.54 Å². The number of carbonyl (C=O) groups excluding carboxylic acids is 1. The third-order valence-electron chi connectivity index (χ3n) is 4.12. The zero-order valence-electron chi connectivity index (χ0n) is 15.5. The molecular weight excluding hydrogens is 360 g/mol. The van der Waals surface area contributed by atoms with Gasteiger partial charge in [0.15, 0.2) is 5.69 Å². The molecule has 0 fully saturated rings. The minimum atomic E-state index is -1.16. The Balaban J connectivity index is 2.00. The van der Waals surface area contributed by atoms with E-state index < -0.39 is 5.97 Å². The van der Waals surface area contributed by atoms with Gasteiger partial charge in [0.1, 0.15) is 18.0 Å². The van der Waals surface area contributed by atoms with Gasteiger partial charge >= 0.3 is 5.97 Å². The van der Waals surface area contributed by atoms with Crippen molar-refractivity contribution in [1.82, 2.24) is 20.3 Å². The maximum absolute atomic E-state index is 12.2. The van der Waals surface area contributed by atoms with E-state index >= 15 is 0 Å². The van der Waals surface area contributed by atoms with E-state index in [1.165, 1.54) is 4.68 Å². The van der Waals surface area contributed by atoms with Crippen molar-refractivity contribution in [2.24, 2.45) is 0 Å². The Morgan fingerprint density at radius 1 is 1.18 bits per heavy atom. The quantitative estimate of drug-likeness (QED) is 0.653. The summed E-state index contributed by atoms with van der Waals surface area (Å²) in [4.78, 5) is 23.5. The molecule has 3 rings (SSSR count). The summed E-state index contributed by atoms with van der Waals surface area (Å²) in [6.07, 6.45) is 0. The average molecular weight is 380 g/mol. The van der Waals surface area contributed by atoms with Crippen LogP contribution in [0.4, 0.5) is 0 Å². The number of rotatable bonds is 7. The zero-order valence-corrected chi connectivity index (χ0v) is 15.5. The van der Waals surface area contributed by atoms with Crippen molar-refractivity contribution < 1.29 is 19.4 Å². The van der Waals surface area contributed by atoms with E-state index in [2.05, 4.69) is 15.6 Å². The van der Waals surface area contributed by atoms with Crippen LogP contribution >= 0.6 is 0 Å². The Kier molecular flexibility index (Phi) is 5.69. The van der Waals surface area contributed by atoms with Gasteiger partial charge < -0.3 is 15.2 Å². The lowest BCUT2D eigenvalue weighted by molar-refractivity contribution is 0.0689. The maximum atomic E-state index is 12.2. The fourth-order valence-electron chi connectivity index (χ4n) is 2.70. The van der Waals surface area contributed by atoms with Crippen LogP contribution in [0, 0.1) is 6.92 Å². The summed E-state index contributed by atoms with van der Waals surface area (Å²) in [5.74, 6) is -0.979. The molecule has 1 aromatic heterocycles. The SMILES string of the molecule is CCNC(=O)c1ccc(-n2nnc(C(=O)O)c2C)c(OCc2ccccc2)c1. The van der Waals surface area contributed by atoms with Gasteiger partial charge in [-0.05, 0) is 37.6 Å². The van der Waals surface area contributed by atoms with E-state index in [9.17, 15) is 14.7 Å². The molecule has 0 atom stereocenters. The highest BCUT2D eigenvalue weighted by Gasteiger charge is 2.19. The number of carboxylic acids is 1. The van der Waals surface area contributed by atoms with Gasteiger partial charge in [-0.25, -0.2) is 9.48 Å². The highest BCUT2D eigenvalue weighted by atomic mass is 16.5. The zero-order chi connectivity index (χ0) is 20.1. The van der Waals surface area contributed by atoms with Crippen LogP contribution < -0.4 is 10.1 Å². The van der Waals surface area contributed by atoms with Crippen molar-refractivity contribution in [3.05, 3.63) is 71.0 Å². The second kappa shape index (κ2) is 8.34. The fourth-order valence-corrected chi connectivity index (χ4v) is 2.70. The standard InChI is InChI=1S/C20H20N4O4/c1-3-21-19(25)15-9-10-16(24-13(2)18(20(26)27)22-23-24)17(11-15)28-12-14-7-5-4-6-8-14/h4-11H,3,12H2,1-2H3,(H,21,25)(H,26,27). The van der Waals surface area contributed by atoms with Gasteiger partial charge in [-0.3, -0.25) is 4.79 Å². The molecule has 8 nitrogen and oxygen atoms in total. The first-order valence-corrected chi connectivity index (χ1v) is 8.76. The van der Waals surface area contributed by atoms with Gasteiger partial charge in [-0.15, -0.1) is 5.10 Å². The van der Waals surface area contributed by atoms with E-state index in [1.807, 2.05) is 37.3 Å². The predicted octanol–water partition coefficient (Wildman–Crippen LogP) is 2.60. The van der Waals surface area contributed by atoms with Crippen molar-refractivity contribution in [2.45, 2.75) is 20.5 Å². The van der Waals surface area contributed by atoms with Crippen LogP contribution in [0.25, 0.3) is 5.69 Å². The molecule has 1 amide bonds. The second-order valence-electron chi connectivity index (χ2n) is 6.06. The normalized spacial score (nSPS) is 10.5. The number of hydrogen-bond acceptors (Lipinski definition) is 5. The molecule has 0 radical (unpaired) electrons. The summed E-state index contributed by atoms with van der Waals surface area (Å²) >= 11 is 0. The number of carbonyl (C=O) groups is 2. The molecular formula is C20H20N4O4. The molecule has 0 aliphatic rings. The summed E-state index contributed by atoms with van der Waals surface area (Å²) < 4.78 is 7.35. The molecule has 0 aliphatic carbocycles. The molecule has 0 bridgehead atoms. The van der Waals surface area contributed by atoms with Gasteiger partial charge in [0.05, 0.1) is 5.69 Å². The minimum absolute atomic E-state index is 0.137.